The summed E-state index contributed by atoms with van der Waals surface area (Å²) in [5, 5.41) is 2.76. The smallest absolute Gasteiger partial charge is 0.262 e. The van der Waals surface area contributed by atoms with Crippen molar-refractivity contribution in [2.75, 3.05) is 17.1 Å². The van der Waals surface area contributed by atoms with Gasteiger partial charge in [-0.05, 0) is 42.5 Å². The number of benzene rings is 3. The van der Waals surface area contributed by atoms with Crippen molar-refractivity contribution in [1.82, 2.24) is 0 Å². The Labute approximate surface area is 162 Å². The molecule has 0 fully saturated rings. The molecule has 0 spiro atoms. The summed E-state index contributed by atoms with van der Waals surface area (Å²) >= 11 is 0. The maximum atomic E-state index is 12.7. The molecule has 2 N–H and O–H groups in total. The normalized spacial score (nSPS) is 12.7. The maximum Gasteiger partial charge on any atom is 0.262 e. The van der Waals surface area contributed by atoms with Crippen molar-refractivity contribution in [3.63, 3.8) is 0 Å². The van der Waals surface area contributed by atoms with E-state index in [4.69, 9.17) is 9.47 Å². The highest BCUT2D eigenvalue weighted by atomic mass is 32.2. The SMILES string of the molecule is COc1cccc(S(=O)(=O)Nc2ccc3c(c2)C(=O)Nc2ccccc2O3)c1. The van der Waals surface area contributed by atoms with E-state index in [1.807, 2.05) is 0 Å². The largest absolute Gasteiger partial charge is 0.497 e. The van der Waals surface area contributed by atoms with Crippen LogP contribution in [-0.4, -0.2) is 21.4 Å². The fourth-order valence-corrected chi connectivity index (χ4v) is 3.89. The van der Waals surface area contributed by atoms with Crippen molar-refractivity contribution in [2.45, 2.75) is 4.90 Å². The molecule has 142 valence electrons. The van der Waals surface area contributed by atoms with Crippen LogP contribution < -0.4 is 19.5 Å². The monoisotopic (exact) mass is 396 g/mol. The molecule has 0 aliphatic carbocycles. The van der Waals surface area contributed by atoms with Crippen molar-refractivity contribution < 1.29 is 22.7 Å². The van der Waals surface area contributed by atoms with Crippen LogP contribution in [0.3, 0.4) is 0 Å². The number of carbonyl (C=O) groups excluding carboxylic acids is 1. The van der Waals surface area contributed by atoms with E-state index in [1.165, 1.54) is 31.4 Å². The third-order valence-electron chi connectivity index (χ3n) is 4.18. The molecule has 4 rings (SSSR count). The van der Waals surface area contributed by atoms with Crippen molar-refractivity contribution in [3.8, 4) is 17.2 Å². The summed E-state index contributed by atoms with van der Waals surface area (Å²) in [5.74, 6) is 0.892. The van der Waals surface area contributed by atoms with Gasteiger partial charge in [0.15, 0.2) is 5.75 Å². The highest BCUT2D eigenvalue weighted by Crippen LogP contribution is 2.36. The zero-order chi connectivity index (χ0) is 19.7. The molecule has 1 heterocycles. The van der Waals surface area contributed by atoms with Gasteiger partial charge in [-0.15, -0.1) is 0 Å². The standard InChI is InChI=1S/C20H16N2O5S/c1-26-14-5-4-6-15(12-14)28(24,25)22-13-9-10-18-16(11-13)20(23)21-17-7-2-3-8-19(17)27-18/h2-12,22H,1H3,(H,21,23). The molecule has 7 nitrogen and oxygen atoms in total. The molecular weight excluding hydrogens is 380 g/mol. The number of rotatable bonds is 4. The Morgan fingerprint density at radius 3 is 2.61 bits per heavy atom. The summed E-state index contributed by atoms with van der Waals surface area (Å²) in [6.45, 7) is 0. The van der Waals surface area contributed by atoms with Gasteiger partial charge in [0.25, 0.3) is 15.9 Å². The zero-order valence-electron chi connectivity index (χ0n) is 14.8. The Morgan fingerprint density at radius 1 is 0.964 bits per heavy atom. The number of sulfonamides is 1. The van der Waals surface area contributed by atoms with E-state index in [2.05, 4.69) is 10.0 Å². The van der Waals surface area contributed by atoms with E-state index >= 15 is 0 Å². The van der Waals surface area contributed by atoms with Crippen LogP contribution in [-0.2, 0) is 10.0 Å². The van der Waals surface area contributed by atoms with Crippen LogP contribution in [0.1, 0.15) is 10.4 Å². The van der Waals surface area contributed by atoms with E-state index in [9.17, 15) is 13.2 Å². The Morgan fingerprint density at radius 2 is 1.79 bits per heavy atom. The Balaban J connectivity index is 1.66. The lowest BCUT2D eigenvalue weighted by atomic mass is 10.1. The van der Waals surface area contributed by atoms with Gasteiger partial charge in [0, 0.05) is 11.8 Å². The third-order valence-corrected chi connectivity index (χ3v) is 5.56. The van der Waals surface area contributed by atoms with Crippen LogP contribution in [0.5, 0.6) is 17.2 Å². The second kappa shape index (κ2) is 6.90. The maximum absolute atomic E-state index is 12.7. The minimum Gasteiger partial charge on any atom is -0.497 e. The molecule has 1 aliphatic rings. The summed E-state index contributed by atoms with van der Waals surface area (Å²) in [5.41, 5.74) is 1.01. The lowest BCUT2D eigenvalue weighted by Crippen LogP contribution is -2.15. The average Bonchev–Trinajstić information content (AvgIpc) is 2.83. The first-order valence-corrected chi connectivity index (χ1v) is 9.84. The fraction of sp³-hybridized carbons (Fsp3) is 0.0500. The van der Waals surface area contributed by atoms with Crippen LogP contribution in [0.4, 0.5) is 11.4 Å². The summed E-state index contributed by atoms with van der Waals surface area (Å²) in [6.07, 6.45) is 0. The Kier molecular flexibility index (Phi) is 4.40. The molecular formula is C20H16N2O5S. The average molecular weight is 396 g/mol. The number of hydrogen-bond donors (Lipinski definition) is 2. The molecule has 1 amide bonds. The number of hydrogen-bond acceptors (Lipinski definition) is 5. The van der Waals surface area contributed by atoms with Crippen LogP contribution in [0.15, 0.2) is 71.6 Å². The van der Waals surface area contributed by atoms with Gasteiger partial charge in [-0.25, -0.2) is 8.42 Å². The van der Waals surface area contributed by atoms with Crippen molar-refractivity contribution >= 4 is 27.3 Å². The first kappa shape index (κ1) is 17.9. The van der Waals surface area contributed by atoms with Crippen LogP contribution in [0.25, 0.3) is 0 Å². The second-order valence-corrected chi connectivity index (χ2v) is 7.73. The molecule has 3 aromatic rings. The quantitative estimate of drug-likeness (QED) is 0.699. The first-order valence-electron chi connectivity index (χ1n) is 8.35. The van der Waals surface area contributed by atoms with E-state index < -0.39 is 10.0 Å². The molecule has 28 heavy (non-hydrogen) atoms. The van der Waals surface area contributed by atoms with Gasteiger partial charge >= 0.3 is 0 Å². The van der Waals surface area contributed by atoms with Gasteiger partial charge in [-0.3, -0.25) is 9.52 Å². The summed E-state index contributed by atoms with van der Waals surface area (Å²) in [7, 11) is -2.39. The van der Waals surface area contributed by atoms with Crippen molar-refractivity contribution in [1.29, 1.82) is 0 Å². The second-order valence-electron chi connectivity index (χ2n) is 6.05. The number of amides is 1. The van der Waals surface area contributed by atoms with Crippen LogP contribution in [0.2, 0.25) is 0 Å². The van der Waals surface area contributed by atoms with E-state index in [0.717, 1.165) is 0 Å². The highest BCUT2D eigenvalue weighted by Gasteiger charge is 2.22. The third kappa shape index (κ3) is 3.37. The molecule has 0 bridgehead atoms. The van der Waals surface area contributed by atoms with Crippen molar-refractivity contribution in [2.24, 2.45) is 0 Å². The molecule has 0 radical (unpaired) electrons. The van der Waals surface area contributed by atoms with Gasteiger partial charge in [-0.2, -0.15) is 0 Å². The minimum atomic E-state index is -3.86. The molecule has 0 saturated heterocycles. The first-order chi connectivity index (χ1) is 13.5. The van der Waals surface area contributed by atoms with Crippen LogP contribution >= 0.6 is 0 Å². The molecule has 0 saturated carbocycles. The lowest BCUT2D eigenvalue weighted by molar-refractivity contribution is 0.102. The number of anilines is 2. The van der Waals surface area contributed by atoms with Crippen molar-refractivity contribution in [3.05, 3.63) is 72.3 Å². The van der Waals surface area contributed by atoms with Gasteiger partial charge in [0.05, 0.1) is 23.3 Å². The summed E-state index contributed by atoms with van der Waals surface area (Å²) < 4.78 is 38.7. The number of para-hydroxylation sites is 2. The molecule has 0 unspecified atom stereocenters. The predicted octanol–water partition coefficient (Wildman–Crippen LogP) is 3.85. The highest BCUT2D eigenvalue weighted by molar-refractivity contribution is 7.92. The van der Waals surface area contributed by atoms with Crippen LogP contribution in [0, 0.1) is 0 Å². The lowest BCUT2D eigenvalue weighted by Gasteiger charge is -2.12. The topological polar surface area (TPSA) is 93.7 Å². The molecule has 1 aliphatic heterocycles. The van der Waals surface area contributed by atoms with Gasteiger partial charge in [0.2, 0.25) is 0 Å². The van der Waals surface area contributed by atoms with Gasteiger partial charge in [-0.1, -0.05) is 18.2 Å². The Bertz CT molecular complexity index is 1170. The number of carbonyl (C=O) groups is 1. The molecule has 8 heteroatoms. The van der Waals surface area contributed by atoms with E-state index in [-0.39, 0.29) is 22.1 Å². The number of fused-ring (bicyclic) bond motifs is 2. The minimum absolute atomic E-state index is 0.0508. The number of methoxy groups -OCH3 is 1. The molecule has 3 aromatic carbocycles. The van der Waals surface area contributed by atoms with E-state index in [0.29, 0.717) is 22.9 Å². The van der Waals surface area contributed by atoms with E-state index in [1.54, 1.807) is 42.5 Å². The fourth-order valence-electron chi connectivity index (χ4n) is 2.81. The van der Waals surface area contributed by atoms with Gasteiger partial charge in [0.1, 0.15) is 11.5 Å². The predicted molar refractivity (Wildman–Crippen MR) is 105 cm³/mol. The molecule has 0 atom stereocenters. The molecule has 0 aromatic heterocycles. The number of nitrogens with one attached hydrogen (secondary N) is 2. The van der Waals surface area contributed by atoms with Gasteiger partial charge < -0.3 is 14.8 Å². The Hall–Kier alpha value is -3.52. The number of ether oxygens (including phenoxy) is 2. The summed E-state index contributed by atoms with van der Waals surface area (Å²) in [6, 6.07) is 17.7. The summed E-state index contributed by atoms with van der Waals surface area (Å²) in [4.78, 5) is 12.6. The zero-order valence-corrected chi connectivity index (χ0v) is 15.6.